The number of aryl methyl sites for hydroxylation is 2. The maximum Gasteiger partial charge on any atom is 0.410 e. The first-order chi connectivity index (χ1) is 46.6. The molecule has 0 radical (unpaired) electrons. The highest BCUT2D eigenvalue weighted by molar-refractivity contribution is 7.85. The van der Waals surface area contributed by atoms with Crippen LogP contribution in [-0.4, -0.2) is 198 Å². The number of anilines is 1. The molecule has 0 fully saturated rings. The highest BCUT2D eigenvalue weighted by Gasteiger charge is 2.49. The molecule has 528 valence electrons. The monoisotopic (exact) mass is 1380 g/mol. The van der Waals surface area contributed by atoms with Crippen LogP contribution in [0.4, 0.5) is 15.3 Å². The molecule has 31 heteroatoms. The Bertz CT molecular complexity index is 4120. The molecule has 8 N–H and O–H groups in total. The molecule has 4 aromatic heterocycles. The SMILES string of the molecule is CCc1c2c(nc3ccc(O)cc13)-c1cc3c(c(=O)n1C2)CCC(=O)[C@@]3(CC)OC(=O)N(C)CCN(C)C(=O)OCc1ccc(NC(=O)[C@H](C)NC(=O)[C@@H](NC(=O)CCOCCOCCNC(=O)[C@H](CS(=O)(=O)O)NC(=O)CCn2c(CN(C)NC)cc3cccnc32)C(C)C)cc1. The van der Waals surface area contributed by atoms with Gasteiger partial charge >= 0.3 is 12.2 Å². The van der Waals surface area contributed by atoms with Crippen molar-refractivity contribution >= 4 is 85.2 Å². The van der Waals surface area contributed by atoms with E-state index in [2.05, 4.69) is 37.0 Å². The predicted octanol–water partition coefficient (Wildman–Crippen LogP) is 3.65. The minimum absolute atomic E-state index is 0.00275. The quantitative estimate of drug-likeness (QED) is 0.0165. The van der Waals surface area contributed by atoms with Crippen molar-refractivity contribution in [3.63, 3.8) is 0 Å². The number of pyridine rings is 3. The molecule has 1 aliphatic carbocycles. The number of aromatic nitrogens is 4. The van der Waals surface area contributed by atoms with Crippen LogP contribution in [0.15, 0.2) is 77.7 Å². The Kier molecular flexibility index (Phi) is 25.2. The van der Waals surface area contributed by atoms with Crippen LogP contribution in [0.3, 0.4) is 0 Å². The number of phenols is 1. The smallest absolute Gasteiger partial charge is 0.410 e. The molecular formula is C67H87N13O17S. The molecule has 0 bridgehead atoms. The minimum Gasteiger partial charge on any atom is -0.508 e. The number of ether oxygens (including phenoxy) is 4. The Morgan fingerprint density at radius 1 is 0.796 bits per heavy atom. The maximum absolute atomic E-state index is 14.3. The predicted molar refractivity (Wildman–Crippen MR) is 361 cm³/mol. The molecule has 0 spiro atoms. The van der Waals surface area contributed by atoms with Crippen LogP contribution in [0.2, 0.25) is 0 Å². The van der Waals surface area contributed by atoms with Crippen molar-refractivity contribution in [2.75, 3.05) is 85.3 Å². The van der Waals surface area contributed by atoms with Gasteiger partial charge in [-0.25, -0.2) is 24.6 Å². The Morgan fingerprint density at radius 2 is 1.50 bits per heavy atom. The van der Waals surface area contributed by atoms with E-state index in [9.17, 15) is 61.2 Å². The van der Waals surface area contributed by atoms with E-state index < -0.39 is 81.3 Å². The third-order valence-corrected chi connectivity index (χ3v) is 18.0. The topological polar surface area (TPSA) is 383 Å². The van der Waals surface area contributed by atoms with Crippen LogP contribution >= 0.6 is 0 Å². The second-order valence-corrected chi connectivity index (χ2v) is 26.0. The zero-order chi connectivity index (χ0) is 71.2. The van der Waals surface area contributed by atoms with Gasteiger partial charge in [0, 0.05) is 112 Å². The van der Waals surface area contributed by atoms with Crippen molar-refractivity contribution in [3.05, 3.63) is 117 Å². The van der Waals surface area contributed by atoms with E-state index in [-0.39, 0.29) is 121 Å². The number of nitrogens with zero attached hydrogens (tertiary/aromatic N) is 7. The van der Waals surface area contributed by atoms with Gasteiger partial charge in [-0.15, -0.1) is 0 Å². The normalized spacial score (nSPS) is 15.0. The fourth-order valence-corrected chi connectivity index (χ4v) is 12.4. The second-order valence-electron chi connectivity index (χ2n) is 24.5. The van der Waals surface area contributed by atoms with E-state index in [4.69, 9.17) is 23.9 Å². The number of ketones is 1. The number of Topliss-reactive ketones (excluding diaryl/α,β-unsaturated/α-hetero) is 1. The number of rotatable bonds is 33. The summed E-state index contributed by atoms with van der Waals surface area (Å²) in [6.45, 7) is 9.45. The highest BCUT2D eigenvalue weighted by atomic mass is 32.2. The molecule has 6 aromatic rings. The van der Waals surface area contributed by atoms with Crippen LogP contribution in [0.25, 0.3) is 33.3 Å². The molecule has 0 saturated carbocycles. The number of benzene rings is 2. The first kappa shape index (κ1) is 74.4. The zero-order valence-corrected chi connectivity index (χ0v) is 57.3. The summed E-state index contributed by atoms with van der Waals surface area (Å²) >= 11 is 0. The summed E-state index contributed by atoms with van der Waals surface area (Å²) in [5.74, 6) is -4.78. The van der Waals surface area contributed by atoms with Crippen LogP contribution in [0, 0.1) is 5.92 Å². The number of carbonyl (C=O) groups excluding carboxylic acids is 8. The molecule has 4 atom stereocenters. The number of hydrazine groups is 1. The standard InChI is InChI=1S/C67H87N13O17S/c1-10-47-49-34-46(81)18-20-52(49)74-59-50(47)37-80-54(59)35-51-48(64(80)88)19-21-55(82)67(51,11-2)97-66(90)77(8)28-27-76(7)65(89)96-38-42-14-16-44(17-15-42)72-61(85)41(5)71-63(87)58(40(3)4)75-57(84)23-29-94-31-32-95-30-25-70-62(86)53(39-98(91,92)93)73-56(83)22-26-79-45(36-78(9)68-6)33-43-13-12-24-69-60(43)79/h12-18,20,24,33-35,40-41,53,58,68,81H,10-11,19,21-23,25-32,36-39H2,1-9H3,(H,70,86)(H,71,87)(H,72,85)(H,73,83)(H,75,84)(H,91,92,93)/t41-,53-,58-,67-/m0/s1. The number of likely N-dealkylation sites (N-methyl/N-ethyl adjacent to an activating group) is 2. The van der Waals surface area contributed by atoms with Gasteiger partial charge in [0.2, 0.25) is 29.5 Å². The summed E-state index contributed by atoms with van der Waals surface area (Å²) in [4.78, 5) is 133. The molecule has 0 saturated heterocycles. The van der Waals surface area contributed by atoms with Gasteiger partial charge in [0.15, 0.2) is 11.4 Å². The maximum atomic E-state index is 14.3. The van der Waals surface area contributed by atoms with Gasteiger partial charge in [-0.1, -0.05) is 39.8 Å². The van der Waals surface area contributed by atoms with Crippen molar-refractivity contribution in [1.82, 2.24) is 60.6 Å². The van der Waals surface area contributed by atoms with Gasteiger partial charge in [-0.3, -0.25) is 43.5 Å². The van der Waals surface area contributed by atoms with E-state index in [0.717, 1.165) is 27.6 Å². The highest BCUT2D eigenvalue weighted by Crippen LogP contribution is 2.43. The lowest BCUT2D eigenvalue weighted by atomic mass is 9.76. The fourth-order valence-electron chi connectivity index (χ4n) is 11.7. The number of aromatic hydroxyl groups is 1. The van der Waals surface area contributed by atoms with Gasteiger partial charge in [0.05, 0.1) is 56.4 Å². The van der Waals surface area contributed by atoms with Gasteiger partial charge in [0.25, 0.3) is 15.7 Å². The Labute approximate surface area is 567 Å². The lowest BCUT2D eigenvalue weighted by Gasteiger charge is -2.37. The Balaban J connectivity index is 0.707. The molecule has 2 aliphatic rings. The number of amides is 7. The summed E-state index contributed by atoms with van der Waals surface area (Å²) in [6, 6.07) is 15.2. The molecule has 98 heavy (non-hydrogen) atoms. The summed E-state index contributed by atoms with van der Waals surface area (Å²) in [5, 5.41) is 26.7. The lowest BCUT2D eigenvalue weighted by Crippen LogP contribution is -2.53. The number of nitrogens with one attached hydrogen (secondary N) is 6. The number of hydrogen-bond donors (Lipinski definition) is 8. The average Bonchev–Trinajstić information content (AvgIpc) is 1.45. The number of carbonyl (C=O) groups is 8. The molecule has 7 amide bonds. The van der Waals surface area contributed by atoms with Gasteiger partial charge in [0.1, 0.15) is 41.9 Å². The number of fused-ring (bicyclic) bond motifs is 6. The Morgan fingerprint density at radius 3 is 2.18 bits per heavy atom. The first-order valence-electron chi connectivity index (χ1n) is 32.4. The van der Waals surface area contributed by atoms with Crippen LogP contribution in [0.1, 0.15) is 93.8 Å². The van der Waals surface area contributed by atoms with Crippen molar-refractivity contribution in [2.45, 2.75) is 123 Å². The zero-order valence-electron chi connectivity index (χ0n) is 56.5. The first-order valence-corrected chi connectivity index (χ1v) is 34.0. The molecule has 30 nitrogen and oxygen atoms in total. The summed E-state index contributed by atoms with van der Waals surface area (Å²) < 4.78 is 59.3. The summed E-state index contributed by atoms with van der Waals surface area (Å²) in [7, 11) is 1.91. The third kappa shape index (κ3) is 18.4. The van der Waals surface area contributed by atoms with E-state index in [1.807, 2.05) is 35.7 Å². The Hall–Kier alpha value is -9.40. The van der Waals surface area contributed by atoms with Gasteiger partial charge < -0.3 is 69.6 Å². The van der Waals surface area contributed by atoms with Crippen molar-refractivity contribution in [3.8, 4) is 17.1 Å². The van der Waals surface area contributed by atoms with Crippen molar-refractivity contribution in [1.29, 1.82) is 0 Å². The van der Waals surface area contributed by atoms with Crippen LogP contribution in [0.5, 0.6) is 5.75 Å². The van der Waals surface area contributed by atoms with E-state index >= 15 is 0 Å². The van der Waals surface area contributed by atoms with Gasteiger partial charge in [-0.05, 0) is 105 Å². The molecule has 0 unspecified atom stereocenters. The fraction of sp³-hybridized carbons (Fsp3) is 0.478. The molecule has 5 heterocycles. The minimum atomic E-state index is -4.68. The van der Waals surface area contributed by atoms with Crippen LogP contribution in [-0.2, 0) is 103 Å². The van der Waals surface area contributed by atoms with Crippen molar-refractivity contribution in [2.24, 2.45) is 5.92 Å². The molecular weight excluding hydrogens is 1290 g/mol. The molecule has 8 rings (SSSR count). The van der Waals surface area contributed by atoms with E-state index in [1.54, 1.807) is 93.2 Å². The number of hydrogen-bond acceptors (Lipinski definition) is 20. The average molecular weight is 1380 g/mol. The summed E-state index contributed by atoms with van der Waals surface area (Å²) in [5.41, 5.74) is 7.73. The van der Waals surface area contributed by atoms with Gasteiger partial charge in [-0.2, -0.15) is 8.42 Å². The molecule has 2 aromatic carbocycles. The van der Waals surface area contributed by atoms with E-state index in [1.165, 1.54) is 30.8 Å². The summed E-state index contributed by atoms with van der Waals surface area (Å²) in [6.07, 6.45) is 0.721. The molecule has 1 aliphatic heterocycles. The van der Waals surface area contributed by atoms with E-state index in [0.29, 0.717) is 57.9 Å². The lowest BCUT2D eigenvalue weighted by molar-refractivity contribution is -0.141. The van der Waals surface area contributed by atoms with Crippen molar-refractivity contribution < 1.29 is 75.4 Å². The number of phenolic OH excluding ortho intramolecular Hbond substituents is 1. The third-order valence-electron chi connectivity index (χ3n) is 17.2. The van der Waals surface area contributed by atoms with Crippen LogP contribution < -0.4 is 37.6 Å². The largest absolute Gasteiger partial charge is 0.508 e. The second kappa shape index (κ2) is 33.2.